The number of rotatable bonds is 5. The Morgan fingerprint density at radius 1 is 1.10 bits per heavy atom. The summed E-state index contributed by atoms with van der Waals surface area (Å²) in [7, 11) is 0. The molecule has 1 fully saturated rings. The van der Waals surface area contributed by atoms with Crippen LogP contribution in [0.15, 0.2) is 54.1 Å². The molecule has 8 nitrogen and oxygen atoms in total. The number of benzene rings is 2. The molecule has 0 atom stereocenters. The normalized spacial score (nSPS) is 15.8. The minimum absolute atomic E-state index is 0.187. The van der Waals surface area contributed by atoms with E-state index in [0.717, 1.165) is 24.3 Å². The molecule has 0 unspecified atom stereocenters. The van der Waals surface area contributed by atoms with Gasteiger partial charge in [-0.1, -0.05) is 18.2 Å². The zero-order valence-corrected chi connectivity index (χ0v) is 15.4. The maximum atomic E-state index is 13.0. The van der Waals surface area contributed by atoms with Crippen molar-refractivity contribution in [1.29, 1.82) is 0 Å². The van der Waals surface area contributed by atoms with E-state index in [9.17, 15) is 37.5 Å². The Labute approximate surface area is 172 Å². The maximum absolute atomic E-state index is 13.0. The number of barbiturate groups is 1. The number of hydrogen-bond donors (Lipinski definition) is 1. The Balaban J connectivity index is 1.90. The smallest absolute Gasteiger partial charge is 0.416 e. The SMILES string of the molecule is O=C([O-])COc1ccc(/C=C2\C(=O)NC(=O)N(c3cccc(C(F)(F)F)c3)C2=O)cc1. The monoisotopic (exact) mass is 433 g/mol. The van der Waals surface area contributed by atoms with Crippen molar-refractivity contribution in [1.82, 2.24) is 5.32 Å². The van der Waals surface area contributed by atoms with Gasteiger partial charge in [0.15, 0.2) is 0 Å². The second kappa shape index (κ2) is 8.30. The number of hydrogen-bond acceptors (Lipinski definition) is 6. The largest absolute Gasteiger partial charge is 0.546 e. The van der Waals surface area contributed by atoms with Gasteiger partial charge in [-0.25, -0.2) is 9.69 Å². The first-order valence-electron chi connectivity index (χ1n) is 8.57. The highest BCUT2D eigenvalue weighted by Crippen LogP contribution is 2.32. The molecule has 2 aromatic carbocycles. The molecule has 0 radical (unpaired) electrons. The molecule has 0 spiro atoms. The number of carboxylic acids is 1. The van der Waals surface area contributed by atoms with Crippen molar-refractivity contribution in [2.75, 3.05) is 11.5 Å². The van der Waals surface area contributed by atoms with Gasteiger partial charge in [-0.2, -0.15) is 13.2 Å². The highest BCUT2D eigenvalue weighted by atomic mass is 19.4. The van der Waals surface area contributed by atoms with Gasteiger partial charge < -0.3 is 14.6 Å². The number of carbonyl (C=O) groups excluding carboxylic acids is 4. The van der Waals surface area contributed by atoms with Crippen LogP contribution >= 0.6 is 0 Å². The lowest BCUT2D eigenvalue weighted by molar-refractivity contribution is -0.307. The topological polar surface area (TPSA) is 116 Å². The summed E-state index contributed by atoms with van der Waals surface area (Å²) in [6.07, 6.45) is -3.56. The third-order valence-corrected chi connectivity index (χ3v) is 4.08. The van der Waals surface area contributed by atoms with Gasteiger partial charge in [-0.15, -0.1) is 0 Å². The average molecular weight is 433 g/mol. The fourth-order valence-corrected chi connectivity index (χ4v) is 2.68. The van der Waals surface area contributed by atoms with E-state index in [2.05, 4.69) is 0 Å². The van der Waals surface area contributed by atoms with Gasteiger partial charge in [-0.3, -0.25) is 14.9 Å². The number of halogens is 3. The van der Waals surface area contributed by atoms with Gasteiger partial charge in [-0.05, 0) is 42.0 Å². The standard InChI is InChI=1S/C20H13F3N2O6/c21-20(22,23)12-2-1-3-13(9-12)25-18(29)15(17(28)24-19(25)30)8-11-4-6-14(7-5-11)31-10-16(26)27/h1-9H,10H2,(H,26,27)(H,24,28,30)/p-1/b15-8+. The number of amides is 4. The Hall–Kier alpha value is -4.15. The Kier molecular flexibility index (Phi) is 5.77. The molecule has 2 aromatic rings. The van der Waals surface area contributed by atoms with Crippen molar-refractivity contribution >= 4 is 35.6 Å². The van der Waals surface area contributed by atoms with E-state index in [0.29, 0.717) is 16.5 Å². The summed E-state index contributed by atoms with van der Waals surface area (Å²) in [5, 5.41) is 12.3. The molecule has 3 rings (SSSR count). The molecule has 11 heteroatoms. The van der Waals surface area contributed by atoms with E-state index in [1.165, 1.54) is 24.3 Å². The molecule has 4 amide bonds. The first-order valence-corrected chi connectivity index (χ1v) is 8.57. The first kappa shape index (κ1) is 21.6. The summed E-state index contributed by atoms with van der Waals surface area (Å²) in [5.74, 6) is -3.36. The van der Waals surface area contributed by atoms with E-state index in [1.54, 1.807) is 0 Å². The molecule has 1 saturated heterocycles. The van der Waals surface area contributed by atoms with Crippen molar-refractivity contribution in [2.45, 2.75) is 6.18 Å². The highest BCUT2D eigenvalue weighted by molar-refractivity contribution is 6.39. The second-order valence-corrected chi connectivity index (χ2v) is 6.24. The predicted octanol–water partition coefficient (Wildman–Crippen LogP) is 1.50. The average Bonchev–Trinajstić information content (AvgIpc) is 2.70. The quantitative estimate of drug-likeness (QED) is 0.565. The lowest BCUT2D eigenvalue weighted by Crippen LogP contribution is -2.54. The van der Waals surface area contributed by atoms with Crippen molar-refractivity contribution < 1.29 is 42.2 Å². The molecule has 0 saturated carbocycles. The van der Waals surface area contributed by atoms with Crippen LogP contribution in [0.25, 0.3) is 6.08 Å². The number of imide groups is 2. The minimum atomic E-state index is -4.69. The summed E-state index contributed by atoms with van der Waals surface area (Å²) < 4.78 is 43.8. The first-order chi connectivity index (χ1) is 14.6. The molecule has 0 bridgehead atoms. The van der Waals surface area contributed by atoms with E-state index >= 15 is 0 Å². The molecule has 0 aromatic heterocycles. The summed E-state index contributed by atoms with van der Waals surface area (Å²) in [5.41, 5.74) is -1.60. The molecule has 0 aliphatic carbocycles. The van der Waals surface area contributed by atoms with E-state index < -0.39 is 47.7 Å². The van der Waals surface area contributed by atoms with Crippen LogP contribution in [0.2, 0.25) is 0 Å². The van der Waals surface area contributed by atoms with Crippen LogP contribution in [0.5, 0.6) is 5.75 Å². The van der Waals surface area contributed by atoms with Gasteiger partial charge >= 0.3 is 12.2 Å². The molecule has 1 N–H and O–H groups in total. The van der Waals surface area contributed by atoms with Crippen LogP contribution in [0, 0.1) is 0 Å². The van der Waals surface area contributed by atoms with Crippen molar-refractivity contribution in [3.63, 3.8) is 0 Å². The van der Waals surface area contributed by atoms with Crippen LogP contribution in [0.1, 0.15) is 11.1 Å². The molecular weight excluding hydrogens is 421 g/mol. The summed E-state index contributed by atoms with van der Waals surface area (Å²) >= 11 is 0. The van der Waals surface area contributed by atoms with Gasteiger partial charge in [0.05, 0.1) is 17.2 Å². The molecule has 1 aliphatic rings. The van der Waals surface area contributed by atoms with Crippen LogP contribution in [0.4, 0.5) is 23.7 Å². The van der Waals surface area contributed by atoms with Crippen molar-refractivity contribution in [3.05, 3.63) is 65.2 Å². The maximum Gasteiger partial charge on any atom is 0.416 e. The number of anilines is 1. The molecular formula is C20H12F3N2O6-. The Morgan fingerprint density at radius 3 is 2.39 bits per heavy atom. The number of ether oxygens (including phenoxy) is 1. The van der Waals surface area contributed by atoms with Crippen LogP contribution in [0.3, 0.4) is 0 Å². The van der Waals surface area contributed by atoms with Gasteiger partial charge in [0.2, 0.25) is 0 Å². The highest BCUT2D eigenvalue weighted by Gasteiger charge is 2.38. The number of alkyl halides is 3. The van der Waals surface area contributed by atoms with Crippen LogP contribution < -0.4 is 20.1 Å². The van der Waals surface area contributed by atoms with Gasteiger partial charge in [0.25, 0.3) is 11.8 Å². The third kappa shape index (κ3) is 4.89. The summed E-state index contributed by atoms with van der Waals surface area (Å²) in [6.45, 7) is -0.671. The van der Waals surface area contributed by atoms with Crippen molar-refractivity contribution in [3.8, 4) is 5.75 Å². The predicted molar refractivity (Wildman–Crippen MR) is 97.4 cm³/mol. The lowest BCUT2D eigenvalue weighted by atomic mass is 10.1. The third-order valence-electron chi connectivity index (χ3n) is 4.08. The molecule has 1 aliphatic heterocycles. The molecule has 1 heterocycles. The summed E-state index contributed by atoms with van der Waals surface area (Å²) in [6, 6.07) is 7.93. The number of nitrogens with zero attached hydrogens (tertiary/aromatic N) is 1. The van der Waals surface area contributed by atoms with Gasteiger partial charge in [0.1, 0.15) is 17.9 Å². The second-order valence-electron chi connectivity index (χ2n) is 6.24. The van der Waals surface area contributed by atoms with E-state index in [-0.39, 0.29) is 11.4 Å². The summed E-state index contributed by atoms with van der Waals surface area (Å²) in [4.78, 5) is 47.9. The lowest BCUT2D eigenvalue weighted by Gasteiger charge is -2.26. The molecule has 160 valence electrons. The van der Waals surface area contributed by atoms with E-state index in [4.69, 9.17) is 4.74 Å². The van der Waals surface area contributed by atoms with E-state index in [1.807, 2.05) is 5.32 Å². The number of aliphatic carboxylic acids is 1. The zero-order valence-electron chi connectivity index (χ0n) is 15.4. The molecule has 31 heavy (non-hydrogen) atoms. The van der Waals surface area contributed by atoms with Crippen molar-refractivity contribution in [2.24, 2.45) is 0 Å². The zero-order chi connectivity index (χ0) is 22.8. The number of carbonyl (C=O) groups is 4. The number of carboxylic acid groups (broad SMARTS) is 1. The Morgan fingerprint density at radius 2 is 1.77 bits per heavy atom. The fraction of sp³-hybridized carbons (Fsp3) is 0.100. The Bertz CT molecular complexity index is 1090. The van der Waals surface area contributed by atoms with Crippen LogP contribution in [-0.2, 0) is 20.6 Å². The van der Waals surface area contributed by atoms with Gasteiger partial charge in [0, 0.05) is 0 Å². The minimum Gasteiger partial charge on any atom is -0.546 e. The number of nitrogens with one attached hydrogen (secondary N) is 1. The number of urea groups is 1. The van der Waals surface area contributed by atoms with Crippen LogP contribution in [-0.4, -0.2) is 30.4 Å². The fourth-order valence-electron chi connectivity index (χ4n) is 2.68.